The van der Waals surface area contributed by atoms with Gasteiger partial charge in [-0.1, -0.05) is 58.0 Å². The van der Waals surface area contributed by atoms with Crippen molar-refractivity contribution in [2.45, 2.75) is 44.0 Å². The van der Waals surface area contributed by atoms with Gasteiger partial charge in [0, 0.05) is 65.7 Å². The Hall–Kier alpha value is -2.77. The highest BCUT2D eigenvalue weighted by molar-refractivity contribution is 7.52. The Morgan fingerprint density at radius 1 is 0.683 bits per heavy atom. The average molecular weight is 999 g/mol. The van der Waals surface area contributed by atoms with Crippen LogP contribution in [0, 0.1) is 0 Å². The van der Waals surface area contributed by atoms with E-state index in [9.17, 15) is 4.57 Å². The second-order valence-electron chi connectivity index (χ2n) is 16.0. The number of methoxy groups -OCH3 is 2. The molecule has 336 valence electrons. The predicted octanol–water partition coefficient (Wildman–Crippen LogP) is 12.8. The molecule has 0 radical (unpaired) electrons. The van der Waals surface area contributed by atoms with Gasteiger partial charge in [-0.2, -0.15) is 0 Å². The van der Waals surface area contributed by atoms with E-state index in [1.54, 1.807) is 53.2 Å². The number of nitrogens with zero attached hydrogens (tertiary/aromatic N) is 4. The van der Waals surface area contributed by atoms with Crippen molar-refractivity contribution in [2.75, 3.05) is 61.6 Å². The molecular weight excluding hydrogens is 952 g/mol. The Bertz CT molecular complexity index is 2720. The highest BCUT2D eigenvalue weighted by Crippen LogP contribution is 2.61. The summed E-state index contributed by atoms with van der Waals surface area (Å²) in [5.41, 5.74) is 4.57. The molecule has 6 aromatic rings. The van der Waals surface area contributed by atoms with Crippen LogP contribution in [0.5, 0.6) is 11.5 Å². The van der Waals surface area contributed by atoms with Gasteiger partial charge >= 0.3 is 15.5 Å². The lowest BCUT2D eigenvalue weighted by molar-refractivity contribution is 0.0132. The topological polar surface area (TPSA) is 106 Å². The maximum atomic E-state index is 15.4. The number of halogens is 5. The number of fused-ring (bicyclic) bond motifs is 2. The molecule has 0 amide bonds. The SMILES string of the molecule is COc1ccc2c(c1)c(CCN(C)CC1CC(c3cc(Cl)c(Cl)c(Cl)c3)OP(=O)(n3cc(CCN(C)C)c4cc(OC)ccc43)O1)cn2P1(=O)OCCC(c2cc(Cl)cc(Cl)c2)O1. The van der Waals surface area contributed by atoms with Gasteiger partial charge in [0.05, 0.1) is 65.2 Å². The van der Waals surface area contributed by atoms with E-state index in [4.69, 9.17) is 85.6 Å². The van der Waals surface area contributed by atoms with Gasteiger partial charge in [-0.05, 0) is 123 Å². The number of hydrogen-bond acceptors (Lipinski definition) is 10. The van der Waals surface area contributed by atoms with Gasteiger partial charge in [0.1, 0.15) is 11.5 Å². The molecule has 2 aliphatic rings. The number of likely N-dealkylation sites (N-methyl/N-ethyl adjacent to an activating group) is 2. The maximum absolute atomic E-state index is 15.4. The van der Waals surface area contributed by atoms with Gasteiger partial charge < -0.3 is 19.3 Å². The van der Waals surface area contributed by atoms with Gasteiger partial charge in [-0.3, -0.25) is 26.8 Å². The van der Waals surface area contributed by atoms with E-state index in [-0.39, 0.29) is 21.7 Å². The van der Waals surface area contributed by atoms with Gasteiger partial charge in [-0.15, -0.1) is 0 Å². The molecular formula is C44H47Cl5N4O8P2. The van der Waals surface area contributed by atoms with Crippen molar-refractivity contribution in [1.82, 2.24) is 18.5 Å². The second-order valence-corrected chi connectivity index (χ2v) is 21.7. The zero-order chi connectivity index (χ0) is 44.8. The van der Waals surface area contributed by atoms with Crippen LogP contribution in [0.2, 0.25) is 25.1 Å². The summed E-state index contributed by atoms with van der Waals surface area (Å²) >= 11 is 32.1. The van der Waals surface area contributed by atoms with E-state index in [2.05, 4.69) is 9.80 Å². The normalized spacial score (nSPS) is 23.0. The molecule has 0 bridgehead atoms. The summed E-state index contributed by atoms with van der Waals surface area (Å²) in [6.45, 7) is 1.90. The predicted molar refractivity (Wildman–Crippen MR) is 252 cm³/mol. The Morgan fingerprint density at radius 3 is 1.79 bits per heavy atom. The number of ether oxygens (including phenoxy) is 2. The molecule has 5 atom stereocenters. The van der Waals surface area contributed by atoms with Crippen LogP contribution in [0.3, 0.4) is 0 Å². The van der Waals surface area contributed by atoms with Crippen molar-refractivity contribution in [3.8, 4) is 11.5 Å². The molecule has 0 N–H and O–H groups in total. The number of benzene rings is 4. The molecule has 0 spiro atoms. The first-order chi connectivity index (χ1) is 30.1. The zero-order valence-electron chi connectivity index (χ0n) is 35.2. The fourth-order valence-corrected chi connectivity index (χ4v) is 13.2. The molecule has 19 heteroatoms. The lowest BCUT2D eigenvalue weighted by Gasteiger charge is -2.37. The Kier molecular flexibility index (Phi) is 14.3. The molecule has 0 aliphatic carbocycles. The van der Waals surface area contributed by atoms with E-state index in [0.29, 0.717) is 76.9 Å². The van der Waals surface area contributed by atoms with Crippen LogP contribution in [-0.4, -0.2) is 86.2 Å². The maximum Gasteiger partial charge on any atom is 0.440 e. The summed E-state index contributed by atoms with van der Waals surface area (Å²) in [6.07, 6.45) is 3.91. The summed E-state index contributed by atoms with van der Waals surface area (Å²) in [5, 5.41) is 3.38. The largest absolute Gasteiger partial charge is 0.497 e. The first-order valence-corrected chi connectivity index (χ1v) is 25.2. The summed E-state index contributed by atoms with van der Waals surface area (Å²) in [6, 6.07) is 19.8. The van der Waals surface area contributed by atoms with Crippen LogP contribution >= 0.6 is 73.5 Å². The zero-order valence-corrected chi connectivity index (χ0v) is 40.8. The van der Waals surface area contributed by atoms with Crippen LogP contribution in [0.1, 0.15) is 47.3 Å². The van der Waals surface area contributed by atoms with Gasteiger partial charge in [0.2, 0.25) is 0 Å². The van der Waals surface area contributed by atoms with E-state index < -0.39 is 33.8 Å². The smallest absolute Gasteiger partial charge is 0.440 e. The fraction of sp³-hybridized carbons (Fsp3) is 0.364. The van der Waals surface area contributed by atoms with Crippen molar-refractivity contribution < 1.29 is 36.7 Å². The second kappa shape index (κ2) is 19.2. The molecule has 2 saturated heterocycles. The Balaban J connectivity index is 1.08. The summed E-state index contributed by atoms with van der Waals surface area (Å²) in [7, 11) is 1.24. The van der Waals surface area contributed by atoms with Crippen molar-refractivity contribution in [1.29, 1.82) is 0 Å². The molecule has 63 heavy (non-hydrogen) atoms. The molecule has 2 fully saturated rings. The van der Waals surface area contributed by atoms with Crippen LogP contribution < -0.4 is 9.47 Å². The van der Waals surface area contributed by atoms with Crippen molar-refractivity contribution in [3.63, 3.8) is 0 Å². The minimum atomic E-state index is -4.08. The van der Waals surface area contributed by atoms with Crippen LogP contribution in [0.4, 0.5) is 0 Å². The monoisotopic (exact) mass is 996 g/mol. The third kappa shape index (κ3) is 10.0. The average Bonchev–Trinajstić information content (AvgIpc) is 3.82. The molecule has 4 aromatic carbocycles. The summed E-state index contributed by atoms with van der Waals surface area (Å²) in [4.78, 5) is 4.20. The molecule has 2 aromatic heterocycles. The molecule has 5 unspecified atom stereocenters. The van der Waals surface area contributed by atoms with Crippen molar-refractivity contribution >= 4 is 95.3 Å². The quantitative estimate of drug-likeness (QED) is 0.0773. The minimum absolute atomic E-state index is 0.203. The third-order valence-electron chi connectivity index (χ3n) is 11.3. The van der Waals surface area contributed by atoms with E-state index in [1.807, 2.05) is 69.9 Å². The van der Waals surface area contributed by atoms with E-state index in [0.717, 1.165) is 34.0 Å². The van der Waals surface area contributed by atoms with Crippen LogP contribution in [-0.2, 0) is 40.1 Å². The van der Waals surface area contributed by atoms with Gasteiger partial charge in [0.15, 0.2) is 0 Å². The summed E-state index contributed by atoms with van der Waals surface area (Å²) < 4.78 is 69.8. The van der Waals surface area contributed by atoms with Crippen molar-refractivity contribution in [3.05, 3.63) is 126 Å². The number of hydrogen-bond donors (Lipinski definition) is 0. The van der Waals surface area contributed by atoms with Crippen LogP contribution in [0.25, 0.3) is 21.8 Å². The van der Waals surface area contributed by atoms with Crippen molar-refractivity contribution in [2.24, 2.45) is 0 Å². The minimum Gasteiger partial charge on any atom is -0.497 e. The third-order valence-corrected chi connectivity index (χ3v) is 16.8. The molecule has 4 heterocycles. The highest BCUT2D eigenvalue weighted by Gasteiger charge is 2.43. The van der Waals surface area contributed by atoms with Crippen LogP contribution in [0.15, 0.2) is 79.1 Å². The Morgan fingerprint density at radius 2 is 1.22 bits per heavy atom. The lowest BCUT2D eigenvalue weighted by Crippen LogP contribution is -2.36. The highest BCUT2D eigenvalue weighted by atomic mass is 35.5. The molecule has 2 aliphatic heterocycles. The summed E-state index contributed by atoms with van der Waals surface area (Å²) in [5.74, 6) is 1.32. The number of aromatic nitrogens is 2. The lowest BCUT2D eigenvalue weighted by atomic mass is 10.0. The molecule has 12 nitrogen and oxygen atoms in total. The molecule has 8 rings (SSSR count). The Labute approximate surface area is 391 Å². The standard InChI is InChI=1S/C44H47Cl5N4O8P2/c1-50(2)13-10-27-25-53(41-9-7-34(57-5)21-36(27)41)63(55)59-35(23-43(61-63)30-18-38(47)44(49)39(48)19-30)26-51(3)14-11-28-24-52(40-8-6-33(56-4)22-37(28)40)62(54)58-15-12-42(60-62)29-16-31(45)20-32(46)17-29/h6-9,16-22,24-25,35,42-43H,10-15,23,26H2,1-5H3. The first-order valence-electron chi connectivity index (χ1n) is 20.3. The first kappa shape index (κ1) is 46.7. The van der Waals surface area contributed by atoms with E-state index in [1.165, 1.54) is 0 Å². The van der Waals surface area contributed by atoms with Gasteiger partial charge in [-0.25, -0.2) is 9.13 Å². The fourth-order valence-electron chi connectivity index (χ4n) is 8.16. The molecule has 0 saturated carbocycles. The van der Waals surface area contributed by atoms with E-state index >= 15 is 4.57 Å². The number of rotatable bonds is 14. The van der Waals surface area contributed by atoms with Gasteiger partial charge in [0.25, 0.3) is 0 Å².